The molecule has 126 valence electrons. The number of methoxy groups -OCH3 is 2. The van der Waals surface area contributed by atoms with Crippen molar-refractivity contribution < 1.29 is 23.5 Å². The molecule has 2 rings (SSSR count). The number of hydrogen-bond acceptors (Lipinski definition) is 4. The van der Waals surface area contributed by atoms with Crippen molar-refractivity contribution in [3.8, 4) is 11.5 Å². The van der Waals surface area contributed by atoms with E-state index in [1.165, 1.54) is 38.5 Å². The highest BCUT2D eigenvalue weighted by Crippen LogP contribution is 2.24. The van der Waals surface area contributed by atoms with Gasteiger partial charge in [0.1, 0.15) is 17.3 Å². The minimum atomic E-state index is -0.455. The Morgan fingerprint density at radius 2 is 1.75 bits per heavy atom. The number of nitrogens with one attached hydrogen (secondary N) is 2. The van der Waals surface area contributed by atoms with Gasteiger partial charge in [0.2, 0.25) is 5.91 Å². The highest BCUT2D eigenvalue weighted by atomic mass is 19.1. The fraction of sp³-hybridized carbons (Fsp3) is 0.176. The molecule has 0 aliphatic carbocycles. The molecule has 0 aliphatic rings. The minimum Gasteiger partial charge on any atom is -0.497 e. The van der Waals surface area contributed by atoms with Crippen LogP contribution in [0.1, 0.15) is 10.4 Å². The second-order valence-electron chi connectivity index (χ2n) is 4.80. The molecule has 2 aromatic carbocycles. The molecular weight excluding hydrogens is 315 g/mol. The zero-order chi connectivity index (χ0) is 17.5. The summed E-state index contributed by atoms with van der Waals surface area (Å²) in [5.41, 5.74) is 0.727. The molecule has 2 N–H and O–H groups in total. The number of anilines is 1. The zero-order valence-corrected chi connectivity index (χ0v) is 13.3. The summed E-state index contributed by atoms with van der Waals surface area (Å²) < 4.78 is 23.0. The Bertz CT molecular complexity index is 732. The Balaban J connectivity index is 1.95. The quantitative estimate of drug-likeness (QED) is 0.850. The van der Waals surface area contributed by atoms with Crippen LogP contribution in [0.25, 0.3) is 0 Å². The molecule has 0 radical (unpaired) electrons. The Hall–Kier alpha value is -3.09. The first-order chi connectivity index (χ1) is 11.5. The van der Waals surface area contributed by atoms with Crippen molar-refractivity contribution >= 4 is 17.5 Å². The van der Waals surface area contributed by atoms with Gasteiger partial charge in [0.15, 0.2) is 0 Å². The van der Waals surface area contributed by atoms with Gasteiger partial charge < -0.3 is 20.1 Å². The molecule has 2 amide bonds. The summed E-state index contributed by atoms with van der Waals surface area (Å²) >= 11 is 0. The summed E-state index contributed by atoms with van der Waals surface area (Å²) in [6.45, 7) is -0.231. The monoisotopic (exact) mass is 332 g/mol. The van der Waals surface area contributed by atoms with Crippen LogP contribution in [-0.4, -0.2) is 32.6 Å². The number of amides is 2. The highest BCUT2D eigenvalue weighted by Gasteiger charge is 2.14. The van der Waals surface area contributed by atoms with Crippen LogP contribution < -0.4 is 20.1 Å². The number of ether oxygens (including phenoxy) is 2. The summed E-state index contributed by atoms with van der Waals surface area (Å²) in [5.74, 6) is -0.387. The topological polar surface area (TPSA) is 76.7 Å². The lowest BCUT2D eigenvalue weighted by Gasteiger charge is -2.11. The predicted molar refractivity (Wildman–Crippen MR) is 86.9 cm³/mol. The van der Waals surface area contributed by atoms with Crippen molar-refractivity contribution in [2.24, 2.45) is 0 Å². The Kier molecular flexibility index (Phi) is 5.73. The van der Waals surface area contributed by atoms with Crippen LogP contribution in [0, 0.1) is 5.82 Å². The van der Waals surface area contributed by atoms with E-state index in [1.807, 2.05) is 0 Å². The largest absolute Gasteiger partial charge is 0.497 e. The van der Waals surface area contributed by atoms with Gasteiger partial charge in [-0.2, -0.15) is 0 Å². The standard InChI is InChI=1S/C17H17FN2O4/c1-23-13-7-8-14(15(9-13)24-2)17(22)19-10-16(21)20-12-5-3-11(18)4-6-12/h3-9H,10H2,1-2H3,(H,19,22)(H,20,21). The molecule has 0 spiro atoms. The zero-order valence-electron chi connectivity index (χ0n) is 13.3. The van der Waals surface area contributed by atoms with Gasteiger partial charge in [-0.25, -0.2) is 4.39 Å². The number of hydrogen-bond donors (Lipinski definition) is 2. The minimum absolute atomic E-state index is 0.231. The summed E-state index contributed by atoms with van der Waals surface area (Å²) in [4.78, 5) is 24.0. The van der Waals surface area contributed by atoms with E-state index < -0.39 is 17.6 Å². The highest BCUT2D eigenvalue weighted by molar-refractivity contribution is 6.01. The number of rotatable bonds is 6. The van der Waals surface area contributed by atoms with Crippen LogP contribution in [0.4, 0.5) is 10.1 Å². The average molecular weight is 332 g/mol. The SMILES string of the molecule is COc1ccc(C(=O)NCC(=O)Nc2ccc(F)cc2)c(OC)c1. The smallest absolute Gasteiger partial charge is 0.255 e. The normalized spacial score (nSPS) is 9.96. The van der Waals surface area contributed by atoms with Gasteiger partial charge in [-0.3, -0.25) is 9.59 Å². The van der Waals surface area contributed by atoms with Crippen LogP contribution in [0.3, 0.4) is 0 Å². The molecule has 0 bridgehead atoms. The molecule has 24 heavy (non-hydrogen) atoms. The molecule has 6 nitrogen and oxygen atoms in total. The first kappa shape index (κ1) is 17.3. The Morgan fingerprint density at radius 3 is 2.38 bits per heavy atom. The molecule has 0 atom stereocenters. The van der Waals surface area contributed by atoms with Gasteiger partial charge in [-0.15, -0.1) is 0 Å². The number of benzene rings is 2. The molecule has 2 aromatic rings. The lowest BCUT2D eigenvalue weighted by molar-refractivity contribution is -0.115. The van der Waals surface area contributed by atoms with E-state index in [9.17, 15) is 14.0 Å². The van der Waals surface area contributed by atoms with E-state index in [-0.39, 0.29) is 12.1 Å². The Morgan fingerprint density at radius 1 is 1.04 bits per heavy atom. The van der Waals surface area contributed by atoms with Crippen molar-refractivity contribution in [1.82, 2.24) is 5.32 Å². The molecule has 0 fully saturated rings. The van der Waals surface area contributed by atoms with E-state index in [2.05, 4.69) is 10.6 Å². The van der Waals surface area contributed by atoms with Crippen LogP contribution >= 0.6 is 0 Å². The molecule has 0 saturated heterocycles. The second kappa shape index (κ2) is 7.96. The summed E-state index contributed by atoms with van der Waals surface area (Å²) in [6, 6.07) is 10.1. The molecule has 0 aromatic heterocycles. The number of halogens is 1. The van der Waals surface area contributed by atoms with Crippen molar-refractivity contribution in [1.29, 1.82) is 0 Å². The lowest BCUT2D eigenvalue weighted by atomic mass is 10.1. The third-order valence-corrected chi connectivity index (χ3v) is 3.19. The van der Waals surface area contributed by atoms with Gasteiger partial charge >= 0.3 is 0 Å². The molecule has 0 saturated carbocycles. The first-order valence-electron chi connectivity index (χ1n) is 7.09. The van der Waals surface area contributed by atoms with E-state index in [0.29, 0.717) is 17.2 Å². The molecule has 7 heteroatoms. The number of carbonyl (C=O) groups is 2. The molecule has 0 unspecified atom stereocenters. The molecule has 0 aliphatic heterocycles. The van der Waals surface area contributed by atoms with Gasteiger partial charge in [0.25, 0.3) is 5.91 Å². The lowest BCUT2D eigenvalue weighted by Crippen LogP contribution is -2.33. The van der Waals surface area contributed by atoms with Gasteiger partial charge in [0, 0.05) is 11.8 Å². The van der Waals surface area contributed by atoms with Crippen LogP contribution in [0.5, 0.6) is 11.5 Å². The maximum Gasteiger partial charge on any atom is 0.255 e. The third-order valence-electron chi connectivity index (χ3n) is 3.19. The van der Waals surface area contributed by atoms with Crippen LogP contribution in [0.2, 0.25) is 0 Å². The fourth-order valence-corrected chi connectivity index (χ4v) is 1.98. The van der Waals surface area contributed by atoms with E-state index >= 15 is 0 Å². The van der Waals surface area contributed by atoms with E-state index in [0.717, 1.165) is 0 Å². The van der Waals surface area contributed by atoms with Crippen molar-refractivity contribution in [3.63, 3.8) is 0 Å². The van der Waals surface area contributed by atoms with Crippen molar-refractivity contribution in [3.05, 3.63) is 53.8 Å². The maximum atomic E-state index is 12.8. The maximum absolute atomic E-state index is 12.8. The first-order valence-corrected chi connectivity index (χ1v) is 7.09. The van der Waals surface area contributed by atoms with Crippen molar-refractivity contribution in [2.45, 2.75) is 0 Å². The van der Waals surface area contributed by atoms with Crippen LogP contribution in [-0.2, 0) is 4.79 Å². The molecular formula is C17H17FN2O4. The van der Waals surface area contributed by atoms with E-state index in [4.69, 9.17) is 9.47 Å². The predicted octanol–water partition coefficient (Wildman–Crippen LogP) is 2.21. The summed E-state index contributed by atoms with van der Waals surface area (Å²) in [6.07, 6.45) is 0. The molecule has 0 heterocycles. The van der Waals surface area contributed by atoms with Gasteiger partial charge in [-0.05, 0) is 36.4 Å². The second-order valence-corrected chi connectivity index (χ2v) is 4.80. The summed E-state index contributed by atoms with van der Waals surface area (Å²) in [7, 11) is 2.95. The number of carbonyl (C=O) groups excluding carboxylic acids is 2. The van der Waals surface area contributed by atoms with Gasteiger partial charge in [-0.1, -0.05) is 0 Å². The van der Waals surface area contributed by atoms with Crippen LogP contribution in [0.15, 0.2) is 42.5 Å². The Labute approximate surface area is 138 Å². The van der Waals surface area contributed by atoms with Crippen molar-refractivity contribution in [2.75, 3.05) is 26.1 Å². The van der Waals surface area contributed by atoms with E-state index in [1.54, 1.807) is 18.2 Å². The average Bonchev–Trinajstić information content (AvgIpc) is 2.61. The fourth-order valence-electron chi connectivity index (χ4n) is 1.98. The van der Waals surface area contributed by atoms with Gasteiger partial charge in [0.05, 0.1) is 26.3 Å². The third kappa shape index (κ3) is 4.45. The summed E-state index contributed by atoms with van der Waals surface area (Å²) in [5, 5.41) is 5.05.